The van der Waals surface area contributed by atoms with Gasteiger partial charge in [-0.3, -0.25) is 0 Å². The van der Waals surface area contributed by atoms with E-state index in [1.807, 2.05) is 12.1 Å². The first-order valence-corrected chi connectivity index (χ1v) is 7.74. The quantitative estimate of drug-likeness (QED) is 0.940. The fourth-order valence-electron chi connectivity index (χ4n) is 3.35. The fraction of sp³-hybridized carbons (Fsp3) is 0.529. The van der Waals surface area contributed by atoms with Gasteiger partial charge in [-0.05, 0) is 37.7 Å². The highest BCUT2D eigenvalue weighted by atomic mass is 16.5. The zero-order valence-corrected chi connectivity index (χ0v) is 13.1. The summed E-state index contributed by atoms with van der Waals surface area (Å²) >= 11 is 0. The van der Waals surface area contributed by atoms with E-state index in [0.29, 0.717) is 29.9 Å². The number of fused-ring (bicyclic) bond motifs is 1. The highest BCUT2D eigenvalue weighted by Crippen LogP contribution is 2.39. The third-order valence-corrected chi connectivity index (χ3v) is 4.66. The number of aromatic nitrogens is 2. The minimum atomic E-state index is 0.294. The van der Waals surface area contributed by atoms with Crippen molar-refractivity contribution in [3.8, 4) is 11.5 Å². The number of rotatable bonds is 4. The maximum absolute atomic E-state index is 9.29. The standard InChI is InChI=1S/C17H22N2O3/c1-21-15-7-13-14(8-16(15)22-2)18-10-19-17(13)12-5-3-11(9-20)4-6-12/h7-8,10-12,20H,3-6,9H2,1-2H3. The Hall–Kier alpha value is -1.88. The molecule has 0 amide bonds. The number of ether oxygens (including phenoxy) is 2. The normalized spacial score (nSPS) is 21.8. The Kier molecular flexibility index (Phi) is 4.43. The van der Waals surface area contributed by atoms with Gasteiger partial charge in [0.15, 0.2) is 11.5 Å². The van der Waals surface area contributed by atoms with Crippen molar-refractivity contribution < 1.29 is 14.6 Å². The molecule has 0 radical (unpaired) electrons. The van der Waals surface area contributed by atoms with Crippen LogP contribution in [-0.2, 0) is 0 Å². The summed E-state index contributed by atoms with van der Waals surface area (Å²) in [6.45, 7) is 0.294. The van der Waals surface area contributed by atoms with Gasteiger partial charge in [-0.1, -0.05) is 0 Å². The largest absolute Gasteiger partial charge is 0.493 e. The molecule has 1 fully saturated rings. The molecule has 1 aliphatic rings. The number of nitrogens with zero attached hydrogens (tertiary/aromatic N) is 2. The summed E-state index contributed by atoms with van der Waals surface area (Å²) in [4.78, 5) is 8.91. The predicted octanol–water partition coefficient (Wildman–Crippen LogP) is 2.91. The highest BCUT2D eigenvalue weighted by molar-refractivity contribution is 5.85. The lowest BCUT2D eigenvalue weighted by Crippen LogP contribution is -2.17. The summed E-state index contributed by atoms with van der Waals surface area (Å²) in [7, 11) is 3.27. The maximum atomic E-state index is 9.29. The molecule has 0 bridgehead atoms. The van der Waals surface area contributed by atoms with Gasteiger partial charge in [-0.2, -0.15) is 0 Å². The summed E-state index contributed by atoms with van der Waals surface area (Å²) in [5.41, 5.74) is 1.97. The van der Waals surface area contributed by atoms with Gasteiger partial charge in [0, 0.05) is 24.0 Å². The first-order valence-electron chi connectivity index (χ1n) is 7.74. The van der Waals surface area contributed by atoms with Crippen molar-refractivity contribution in [1.82, 2.24) is 9.97 Å². The molecule has 3 rings (SSSR count). The van der Waals surface area contributed by atoms with Crippen LogP contribution in [0.3, 0.4) is 0 Å². The number of aliphatic hydroxyl groups excluding tert-OH is 1. The Bertz CT molecular complexity index is 652. The summed E-state index contributed by atoms with van der Waals surface area (Å²) in [6.07, 6.45) is 5.86. The molecule has 1 saturated carbocycles. The second-order valence-electron chi connectivity index (χ2n) is 5.88. The van der Waals surface area contributed by atoms with Crippen LogP contribution in [0.25, 0.3) is 10.9 Å². The summed E-state index contributed by atoms with van der Waals surface area (Å²) in [6, 6.07) is 3.88. The molecule has 0 aliphatic heterocycles. The predicted molar refractivity (Wildman–Crippen MR) is 84.4 cm³/mol. The van der Waals surface area contributed by atoms with Crippen molar-refractivity contribution in [2.75, 3.05) is 20.8 Å². The monoisotopic (exact) mass is 302 g/mol. The Labute approximate surface area is 130 Å². The van der Waals surface area contributed by atoms with Crippen LogP contribution in [0, 0.1) is 5.92 Å². The van der Waals surface area contributed by atoms with Crippen LogP contribution in [0.4, 0.5) is 0 Å². The van der Waals surface area contributed by atoms with Gasteiger partial charge in [0.25, 0.3) is 0 Å². The molecular formula is C17H22N2O3. The maximum Gasteiger partial charge on any atom is 0.162 e. The topological polar surface area (TPSA) is 64.5 Å². The van der Waals surface area contributed by atoms with Crippen molar-refractivity contribution in [2.24, 2.45) is 5.92 Å². The molecule has 5 heteroatoms. The van der Waals surface area contributed by atoms with E-state index in [4.69, 9.17) is 9.47 Å². The lowest BCUT2D eigenvalue weighted by molar-refractivity contribution is 0.182. The van der Waals surface area contributed by atoms with Gasteiger partial charge in [0.05, 0.1) is 25.4 Å². The van der Waals surface area contributed by atoms with Crippen molar-refractivity contribution in [1.29, 1.82) is 0 Å². The first kappa shape index (κ1) is 15.0. The first-order chi connectivity index (χ1) is 10.8. The molecule has 1 aromatic carbocycles. The zero-order chi connectivity index (χ0) is 15.5. The van der Waals surface area contributed by atoms with Crippen molar-refractivity contribution >= 4 is 10.9 Å². The minimum Gasteiger partial charge on any atom is -0.493 e. The fourth-order valence-corrected chi connectivity index (χ4v) is 3.35. The SMILES string of the molecule is COc1cc2ncnc(C3CCC(CO)CC3)c2cc1OC. The molecule has 1 heterocycles. The number of hydrogen-bond donors (Lipinski definition) is 1. The number of aliphatic hydroxyl groups is 1. The van der Waals surface area contributed by atoms with Gasteiger partial charge in [-0.25, -0.2) is 9.97 Å². The smallest absolute Gasteiger partial charge is 0.162 e. The van der Waals surface area contributed by atoms with Gasteiger partial charge in [0.2, 0.25) is 0 Å². The van der Waals surface area contributed by atoms with Crippen LogP contribution in [0.1, 0.15) is 37.3 Å². The lowest BCUT2D eigenvalue weighted by Gasteiger charge is -2.27. The molecular weight excluding hydrogens is 280 g/mol. The van der Waals surface area contributed by atoms with Gasteiger partial charge < -0.3 is 14.6 Å². The average Bonchev–Trinajstić information content (AvgIpc) is 2.60. The molecule has 0 spiro atoms. The molecule has 1 aromatic heterocycles. The Morgan fingerprint density at radius 2 is 1.73 bits per heavy atom. The van der Waals surface area contributed by atoms with E-state index in [-0.39, 0.29) is 0 Å². The second-order valence-corrected chi connectivity index (χ2v) is 5.88. The molecule has 0 saturated heterocycles. The number of methoxy groups -OCH3 is 2. The molecule has 0 unspecified atom stereocenters. The molecule has 1 aliphatic carbocycles. The average molecular weight is 302 g/mol. The van der Waals surface area contributed by atoms with Crippen molar-refractivity contribution in [2.45, 2.75) is 31.6 Å². The third-order valence-electron chi connectivity index (χ3n) is 4.66. The van der Waals surface area contributed by atoms with E-state index in [0.717, 1.165) is 42.3 Å². The van der Waals surface area contributed by atoms with Gasteiger partial charge >= 0.3 is 0 Å². The van der Waals surface area contributed by atoms with Crippen LogP contribution in [0.2, 0.25) is 0 Å². The zero-order valence-electron chi connectivity index (χ0n) is 13.1. The minimum absolute atomic E-state index is 0.294. The highest BCUT2D eigenvalue weighted by Gasteiger charge is 2.25. The van der Waals surface area contributed by atoms with E-state index in [1.165, 1.54) is 0 Å². The van der Waals surface area contributed by atoms with E-state index >= 15 is 0 Å². The second kappa shape index (κ2) is 6.48. The Morgan fingerprint density at radius 3 is 2.36 bits per heavy atom. The van der Waals surface area contributed by atoms with Gasteiger partial charge in [-0.15, -0.1) is 0 Å². The van der Waals surface area contributed by atoms with Crippen molar-refractivity contribution in [3.63, 3.8) is 0 Å². The van der Waals surface area contributed by atoms with E-state index < -0.39 is 0 Å². The van der Waals surface area contributed by atoms with E-state index in [1.54, 1.807) is 20.5 Å². The molecule has 22 heavy (non-hydrogen) atoms. The Morgan fingerprint density at radius 1 is 1.05 bits per heavy atom. The van der Waals surface area contributed by atoms with E-state index in [2.05, 4.69) is 9.97 Å². The molecule has 0 atom stereocenters. The van der Waals surface area contributed by atoms with Crippen LogP contribution in [-0.4, -0.2) is 35.9 Å². The van der Waals surface area contributed by atoms with Crippen molar-refractivity contribution in [3.05, 3.63) is 24.2 Å². The summed E-state index contributed by atoms with van der Waals surface area (Å²) in [5, 5.41) is 10.3. The van der Waals surface area contributed by atoms with Crippen LogP contribution < -0.4 is 9.47 Å². The summed E-state index contributed by atoms with van der Waals surface area (Å²) < 4.78 is 10.8. The molecule has 118 valence electrons. The van der Waals surface area contributed by atoms with Crippen LogP contribution in [0.15, 0.2) is 18.5 Å². The molecule has 2 aromatic rings. The summed E-state index contributed by atoms with van der Waals surface area (Å²) in [5.74, 6) is 2.25. The molecule has 1 N–H and O–H groups in total. The Balaban J connectivity index is 1.99. The lowest BCUT2D eigenvalue weighted by atomic mass is 9.80. The number of benzene rings is 1. The van der Waals surface area contributed by atoms with Gasteiger partial charge in [0.1, 0.15) is 6.33 Å². The molecule has 5 nitrogen and oxygen atoms in total. The number of hydrogen-bond acceptors (Lipinski definition) is 5. The third kappa shape index (κ3) is 2.73. The van der Waals surface area contributed by atoms with Crippen LogP contribution in [0.5, 0.6) is 11.5 Å². The van der Waals surface area contributed by atoms with Crippen LogP contribution >= 0.6 is 0 Å². The van der Waals surface area contributed by atoms with E-state index in [9.17, 15) is 5.11 Å².